The molecule has 0 aliphatic carbocycles. The lowest BCUT2D eigenvalue weighted by Gasteiger charge is -2.27. The Morgan fingerprint density at radius 1 is 0.938 bits per heavy atom. The van der Waals surface area contributed by atoms with Crippen LogP contribution in [0.1, 0.15) is 22.7 Å². The molecule has 160 valence electrons. The van der Waals surface area contributed by atoms with Crippen LogP contribution in [0.4, 0.5) is 0 Å². The van der Waals surface area contributed by atoms with Gasteiger partial charge < -0.3 is 10.0 Å². The second kappa shape index (κ2) is 9.43. The van der Waals surface area contributed by atoms with Gasteiger partial charge in [-0.05, 0) is 34.9 Å². The van der Waals surface area contributed by atoms with Crippen LogP contribution < -0.4 is 0 Å². The maximum atomic E-state index is 13.2. The van der Waals surface area contributed by atoms with Gasteiger partial charge in [-0.3, -0.25) is 9.59 Å². The molecule has 4 nitrogen and oxygen atoms in total. The van der Waals surface area contributed by atoms with E-state index < -0.39 is 23.5 Å². The lowest BCUT2D eigenvalue weighted by atomic mass is 9.95. The van der Waals surface area contributed by atoms with Crippen LogP contribution in [0.25, 0.3) is 6.08 Å². The molecule has 1 aliphatic rings. The van der Waals surface area contributed by atoms with Crippen molar-refractivity contribution in [2.24, 2.45) is 0 Å². The molecule has 1 heterocycles. The molecular formula is C26H19Cl2NO3. The molecule has 3 aromatic carbocycles. The van der Waals surface area contributed by atoms with Gasteiger partial charge in [0.25, 0.3) is 5.91 Å². The monoisotopic (exact) mass is 463 g/mol. The van der Waals surface area contributed by atoms with Crippen LogP contribution in [0.15, 0.2) is 96.3 Å². The number of amides is 1. The van der Waals surface area contributed by atoms with Gasteiger partial charge in [0, 0.05) is 6.54 Å². The number of carbonyl (C=O) groups is 2. The normalized spacial score (nSPS) is 16.2. The summed E-state index contributed by atoms with van der Waals surface area (Å²) in [4.78, 5) is 27.6. The summed E-state index contributed by atoms with van der Waals surface area (Å²) in [6.07, 6.45) is 3.02. The standard InChI is InChI=1S/C26H19Cl2NO3/c27-20-13-12-19(15-21(20)28)24-23(22(30)14-11-17-7-3-1-4-8-17)25(31)26(32)29(24)16-18-9-5-2-6-10-18/h1-15,24,31H,16H2. The van der Waals surface area contributed by atoms with Gasteiger partial charge in [0.15, 0.2) is 11.5 Å². The molecule has 1 atom stereocenters. The highest BCUT2D eigenvalue weighted by Crippen LogP contribution is 2.40. The first-order valence-electron chi connectivity index (χ1n) is 9.96. The van der Waals surface area contributed by atoms with E-state index in [4.69, 9.17) is 23.2 Å². The molecule has 4 rings (SSSR count). The largest absolute Gasteiger partial charge is 0.503 e. The summed E-state index contributed by atoms with van der Waals surface area (Å²) in [6, 6.07) is 22.8. The van der Waals surface area contributed by atoms with E-state index in [1.165, 1.54) is 11.0 Å². The lowest BCUT2D eigenvalue weighted by molar-refractivity contribution is -0.130. The van der Waals surface area contributed by atoms with Crippen LogP contribution in [0.5, 0.6) is 0 Å². The minimum atomic E-state index is -0.801. The third kappa shape index (κ3) is 4.47. The molecule has 1 unspecified atom stereocenters. The minimum absolute atomic E-state index is 0.0106. The molecule has 0 fully saturated rings. The van der Waals surface area contributed by atoms with Gasteiger partial charge >= 0.3 is 0 Å². The van der Waals surface area contributed by atoms with E-state index >= 15 is 0 Å². The highest BCUT2D eigenvalue weighted by atomic mass is 35.5. The van der Waals surface area contributed by atoms with Crippen molar-refractivity contribution in [1.29, 1.82) is 0 Å². The Kier molecular flexibility index (Phi) is 6.45. The smallest absolute Gasteiger partial charge is 0.290 e. The first kappa shape index (κ1) is 21.9. The Balaban J connectivity index is 1.75. The topological polar surface area (TPSA) is 57.6 Å². The summed E-state index contributed by atoms with van der Waals surface area (Å²) < 4.78 is 0. The number of ketones is 1. The Morgan fingerprint density at radius 2 is 1.59 bits per heavy atom. The molecule has 0 saturated heterocycles. The van der Waals surface area contributed by atoms with E-state index in [9.17, 15) is 14.7 Å². The molecule has 0 saturated carbocycles. The molecule has 0 radical (unpaired) electrons. The quantitative estimate of drug-likeness (QED) is 0.444. The van der Waals surface area contributed by atoms with Crippen molar-refractivity contribution in [2.75, 3.05) is 0 Å². The fraction of sp³-hybridized carbons (Fsp3) is 0.0769. The van der Waals surface area contributed by atoms with E-state index in [1.54, 1.807) is 24.3 Å². The molecule has 6 heteroatoms. The summed E-state index contributed by atoms with van der Waals surface area (Å²) in [6.45, 7) is 0.216. The molecule has 1 amide bonds. The van der Waals surface area contributed by atoms with Crippen LogP contribution in [-0.2, 0) is 16.1 Å². The second-order valence-electron chi connectivity index (χ2n) is 7.37. The first-order chi connectivity index (χ1) is 15.5. The molecule has 1 aliphatic heterocycles. The summed E-state index contributed by atoms with van der Waals surface area (Å²) in [5, 5.41) is 11.4. The van der Waals surface area contributed by atoms with Crippen LogP contribution in [-0.4, -0.2) is 21.7 Å². The molecular weight excluding hydrogens is 445 g/mol. The van der Waals surface area contributed by atoms with Gasteiger partial charge in [-0.15, -0.1) is 0 Å². The van der Waals surface area contributed by atoms with Gasteiger partial charge in [0.05, 0.1) is 21.7 Å². The number of allylic oxidation sites excluding steroid dienone is 1. The van der Waals surface area contributed by atoms with Crippen LogP contribution >= 0.6 is 23.2 Å². The van der Waals surface area contributed by atoms with Crippen molar-refractivity contribution >= 4 is 41.0 Å². The fourth-order valence-corrected chi connectivity index (χ4v) is 4.01. The van der Waals surface area contributed by atoms with Crippen molar-refractivity contribution in [1.82, 2.24) is 4.90 Å². The van der Waals surface area contributed by atoms with Crippen molar-refractivity contribution in [2.45, 2.75) is 12.6 Å². The Morgan fingerprint density at radius 3 is 2.25 bits per heavy atom. The Hall–Kier alpha value is -3.34. The molecule has 32 heavy (non-hydrogen) atoms. The molecule has 0 bridgehead atoms. The number of halogens is 2. The van der Waals surface area contributed by atoms with Crippen LogP contribution in [0, 0.1) is 0 Å². The summed E-state index contributed by atoms with van der Waals surface area (Å²) in [5.41, 5.74) is 2.30. The van der Waals surface area contributed by atoms with Crippen LogP contribution in [0.3, 0.4) is 0 Å². The average Bonchev–Trinajstić information content (AvgIpc) is 3.06. The molecule has 1 N–H and O–H groups in total. The van der Waals surface area contributed by atoms with Gasteiger partial charge in [0.2, 0.25) is 0 Å². The summed E-state index contributed by atoms with van der Waals surface area (Å²) in [5.74, 6) is -1.62. The Labute approximate surface area is 196 Å². The van der Waals surface area contributed by atoms with E-state index in [0.717, 1.165) is 11.1 Å². The SMILES string of the molecule is O=C(C=Cc1ccccc1)C1=C(O)C(=O)N(Cc2ccccc2)C1c1ccc(Cl)c(Cl)c1. The first-order valence-corrected chi connectivity index (χ1v) is 10.7. The second-order valence-corrected chi connectivity index (χ2v) is 8.18. The number of benzene rings is 3. The minimum Gasteiger partial charge on any atom is -0.503 e. The zero-order chi connectivity index (χ0) is 22.7. The number of hydrogen-bond acceptors (Lipinski definition) is 3. The fourth-order valence-electron chi connectivity index (χ4n) is 3.70. The number of aliphatic hydroxyl groups excluding tert-OH is 1. The maximum absolute atomic E-state index is 13.2. The summed E-state index contributed by atoms with van der Waals surface area (Å²) in [7, 11) is 0. The number of aliphatic hydroxyl groups is 1. The number of hydrogen-bond donors (Lipinski definition) is 1. The summed E-state index contributed by atoms with van der Waals surface area (Å²) >= 11 is 12.3. The average molecular weight is 464 g/mol. The van der Waals surface area contributed by atoms with Gasteiger partial charge in [-0.25, -0.2) is 0 Å². The van der Waals surface area contributed by atoms with Crippen molar-refractivity contribution < 1.29 is 14.7 Å². The number of rotatable bonds is 6. The van der Waals surface area contributed by atoms with Gasteiger partial charge in [0.1, 0.15) is 0 Å². The molecule has 0 spiro atoms. The van der Waals surface area contributed by atoms with E-state index in [-0.39, 0.29) is 12.1 Å². The van der Waals surface area contributed by atoms with Gasteiger partial charge in [-0.1, -0.05) is 96.0 Å². The highest BCUT2D eigenvalue weighted by molar-refractivity contribution is 6.42. The predicted octanol–water partition coefficient (Wildman–Crippen LogP) is 6.17. The lowest BCUT2D eigenvalue weighted by Crippen LogP contribution is -2.30. The van der Waals surface area contributed by atoms with Crippen molar-refractivity contribution in [3.63, 3.8) is 0 Å². The van der Waals surface area contributed by atoms with Crippen LogP contribution in [0.2, 0.25) is 10.0 Å². The maximum Gasteiger partial charge on any atom is 0.290 e. The van der Waals surface area contributed by atoms with E-state index in [0.29, 0.717) is 15.6 Å². The number of nitrogens with zero attached hydrogens (tertiary/aromatic N) is 1. The van der Waals surface area contributed by atoms with Gasteiger partial charge in [-0.2, -0.15) is 0 Å². The Bertz CT molecular complexity index is 1220. The van der Waals surface area contributed by atoms with Crippen molar-refractivity contribution in [3.05, 3.63) is 123 Å². The predicted molar refractivity (Wildman–Crippen MR) is 126 cm³/mol. The zero-order valence-corrected chi connectivity index (χ0v) is 18.4. The van der Waals surface area contributed by atoms with Crippen molar-refractivity contribution in [3.8, 4) is 0 Å². The third-order valence-corrected chi connectivity index (χ3v) is 5.99. The number of carbonyl (C=O) groups excluding carboxylic acids is 2. The van der Waals surface area contributed by atoms with E-state index in [2.05, 4.69) is 0 Å². The third-order valence-electron chi connectivity index (χ3n) is 5.25. The molecule has 3 aromatic rings. The molecule has 0 aromatic heterocycles. The zero-order valence-electron chi connectivity index (χ0n) is 16.9. The highest BCUT2D eigenvalue weighted by Gasteiger charge is 2.43. The van der Waals surface area contributed by atoms with E-state index in [1.807, 2.05) is 60.7 Å².